The van der Waals surface area contributed by atoms with E-state index >= 15 is 0 Å². The molecule has 128 valence electrons. The van der Waals surface area contributed by atoms with Gasteiger partial charge in [-0.15, -0.1) is 0 Å². The molecule has 0 radical (unpaired) electrons. The quantitative estimate of drug-likeness (QED) is 0.545. The van der Waals surface area contributed by atoms with Crippen molar-refractivity contribution in [2.45, 2.75) is 19.9 Å². The van der Waals surface area contributed by atoms with Crippen LogP contribution in [0, 0.1) is 0 Å². The van der Waals surface area contributed by atoms with E-state index in [0.29, 0.717) is 24.8 Å². The summed E-state index contributed by atoms with van der Waals surface area (Å²) < 4.78 is 11.4. The Kier molecular flexibility index (Phi) is 7.27. The first-order chi connectivity index (χ1) is 11.6. The summed E-state index contributed by atoms with van der Waals surface area (Å²) in [6, 6.07) is 11.4. The lowest BCUT2D eigenvalue weighted by atomic mass is 10.3. The molecule has 0 bridgehead atoms. The van der Waals surface area contributed by atoms with Gasteiger partial charge in [0.05, 0.1) is 25.8 Å². The molecule has 0 aliphatic rings. The Morgan fingerprint density at radius 3 is 2.71 bits per heavy atom. The van der Waals surface area contributed by atoms with E-state index in [9.17, 15) is 4.79 Å². The van der Waals surface area contributed by atoms with Crippen molar-refractivity contribution >= 4 is 44.9 Å². The second kappa shape index (κ2) is 9.44. The molecule has 1 aromatic carbocycles. The number of hydrogen-bond donors (Lipinski definition) is 1. The highest BCUT2D eigenvalue weighted by atomic mass is 79.9. The lowest BCUT2D eigenvalue weighted by Crippen LogP contribution is -2.36. The molecule has 1 aromatic heterocycles. The number of hydrogen-bond acceptors (Lipinski definition) is 4. The summed E-state index contributed by atoms with van der Waals surface area (Å²) >= 11 is 8.89. The summed E-state index contributed by atoms with van der Waals surface area (Å²) in [6.45, 7) is 3.09. The normalized spacial score (nSPS) is 10.2. The Morgan fingerprint density at radius 2 is 2.08 bits per heavy atom. The number of esters is 1. The third-order valence-electron chi connectivity index (χ3n) is 3.20. The van der Waals surface area contributed by atoms with E-state index in [4.69, 9.17) is 21.4 Å². The zero-order valence-corrected chi connectivity index (χ0v) is 15.7. The van der Waals surface area contributed by atoms with Gasteiger partial charge in [0, 0.05) is 16.7 Å². The number of nitrogens with zero attached hydrogens (tertiary/aromatic N) is 1. The highest BCUT2D eigenvalue weighted by Crippen LogP contribution is 2.15. The third-order valence-corrected chi connectivity index (χ3v) is 4.09. The van der Waals surface area contributed by atoms with Crippen molar-refractivity contribution in [2.75, 3.05) is 18.5 Å². The molecule has 0 saturated carbocycles. The van der Waals surface area contributed by atoms with Gasteiger partial charge in [0.1, 0.15) is 5.76 Å². The van der Waals surface area contributed by atoms with E-state index in [1.807, 2.05) is 41.3 Å². The second-order valence-electron chi connectivity index (χ2n) is 4.99. The number of furan rings is 1. The molecule has 1 N–H and O–H groups in total. The van der Waals surface area contributed by atoms with Crippen LogP contribution < -0.4 is 5.32 Å². The van der Waals surface area contributed by atoms with E-state index in [1.54, 1.807) is 13.2 Å². The van der Waals surface area contributed by atoms with Gasteiger partial charge in [-0.3, -0.25) is 4.79 Å². The van der Waals surface area contributed by atoms with E-state index in [-0.39, 0.29) is 12.4 Å². The van der Waals surface area contributed by atoms with Crippen molar-refractivity contribution in [2.24, 2.45) is 0 Å². The van der Waals surface area contributed by atoms with Crippen molar-refractivity contribution in [1.82, 2.24) is 4.90 Å². The van der Waals surface area contributed by atoms with Crippen LogP contribution >= 0.6 is 28.1 Å². The minimum atomic E-state index is -0.242. The molecule has 0 aliphatic heterocycles. The van der Waals surface area contributed by atoms with Gasteiger partial charge in [-0.1, -0.05) is 15.9 Å². The largest absolute Gasteiger partial charge is 0.467 e. The molecule has 0 aliphatic carbocycles. The Morgan fingerprint density at radius 1 is 1.33 bits per heavy atom. The number of ether oxygens (including phenoxy) is 1. The Hall–Kier alpha value is -1.86. The molecule has 7 heteroatoms. The smallest absolute Gasteiger partial charge is 0.307 e. The molecule has 0 atom stereocenters. The van der Waals surface area contributed by atoms with Crippen LogP contribution in [0.2, 0.25) is 0 Å². The van der Waals surface area contributed by atoms with Gasteiger partial charge >= 0.3 is 5.97 Å². The van der Waals surface area contributed by atoms with Gasteiger partial charge in [0.15, 0.2) is 5.11 Å². The summed E-state index contributed by atoms with van der Waals surface area (Å²) in [5, 5.41) is 3.71. The monoisotopic (exact) mass is 410 g/mol. The number of nitrogens with one attached hydrogen (secondary N) is 1. The number of thiocarbonyl (C=S) groups is 1. The van der Waals surface area contributed by atoms with Gasteiger partial charge in [0.25, 0.3) is 0 Å². The maximum absolute atomic E-state index is 11.6. The van der Waals surface area contributed by atoms with Crippen LogP contribution in [0.25, 0.3) is 0 Å². The number of carbonyl (C=O) groups is 1. The topological polar surface area (TPSA) is 54.7 Å². The van der Waals surface area contributed by atoms with Crippen molar-refractivity contribution in [3.8, 4) is 0 Å². The number of halogens is 1. The average Bonchev–Trinajstić information content (AvgIpc) is 3.07. The maximum atomic E-state index is 11.6. The molecular formula is C17H19BrN2O3S. The zero-order valence-electron chi connectivity index (χ0n) is 13.3. The van der Waals surface area contributed by atoms with Crippen LogP contribution in [-0.4, -0.2) is 29.1 Å². The number of rotatable bonds is 7. The van der Waals surface area contributed by atoms with E-state index in [0.717, 1.165) is 15.9 Å². The molecule has 0 spiro atoms. The number of carbonyl (C=O) groups excluding carboxylic acids is 1. The van der Waals surface area contributed by atoms with Crippen LogP contribution in [0.5, 0.6) is 0 Å². The van der Waals surface area contributed by atoms with Crippen LogP contribution in [0.4, 0.5) is 5.69 Å². The summed E-state index contributed by atoms with van der Waals surface area (Å²) in [6.07, 6.45) is 1.88. The summed E-state index contributed by atoms with van der Waals surface area (Å²) in [4.78, 5) is 13.5. The Labute approximate surface area is 155 Å². The number of anilines is 1. The first kappa shape index (κ1) is 18.5. The highest BCUT2D eigenvalue weighted by molar-refractivity contribution is 9.10. The minimum absolute atomic E-state index is 0.242. The number of benzene rings is 1. The van der Waals surface area contributed by atoms with E-state index in [2.05, 4.69) is 21.2 Å². The fraction of sp³-hybridized carbons (Fsp3) is 0.294. The van der Waals surface area contributed by atoms with Gasteiger partial charge in [0.2, 0.25) is 0 Å². The molecule has 24 heavy (non-hydrogen) atoms. The van der Waals surface area contributed by atoms with Crippen molar-refractivity contribution < 1.29 is 13.9 Å². The van der Waals surface area contributed by atoms with Gasteiger partial charge in [-0.25, -0.2) is 0 Å². The zero-order chi connectivity index (χ0) is 17.4. The van der Waals surface area contributed by atoms with E-state index in [1.165, 1.54) is 0 Å². The fourth-order valence-corrected chi connectivity index (χ4v) is 2.58. The standard InChI is InChI=1S/C17H19BrN2O3S/c1-2-22-16(21)9-10-20(12-15-4-3-11-23-15)17(24)19-14-7-5-13(18)6-8-14/h3-8,11H,2,9-10,12H2,1H3,(H,19,24). The van der Waals surface area contributed by atoms with Crippen molar-refractivity contribution in [3.05, 3.63) is 52.9 Å². The van der Waals surface area contributed by atoms with Gasteiger partial charge in [-0.2, -0.15) is 0 Å². The lowest BCUT2D eigenvalue weighted by molar-refractivity contribution is -0.143. The highest BCUT2D eigenvalue weighted by Gasteiger charge is 2.14. The average molecular weight is 411 g/mol. The predicted octanol–water partition coefficient (Wildman–Crippen LogP) is 4.19. The van der Waals surface area contributed by atoms with E-state index < -0.39 is 0 Å². The Balaban J connectivity index is 2.01. The molecule has 2 rings (SSSR count). The predicted molar refractivity (Wildman–Crippen MR) is 101 cm³/mol. The summed E-state index contributed by atoms with van der Waals surface area (Å²) in [7, 11) is 0. The van der Waals surface area contributed by atoms with Crippen LogP contribution in [0.15, 0.2) is 51.6 Å². The van der Waals surface area contributed by atoms with Crippen molar-refractivity contribution in [1.29, 1.82) is 0 Å². The third kappa shape index (κ3) is 5.98. The summed E-state index contributed by atoms with van der Waals surface area (Å²) in [5.41, 5.74) is 0.878. The molecular weight excluding hydrogens is 392 g/mol. The molecule has 5 nitrogen and oxygen atoms in total. The lowest BCUT2D eigenvalue weighted by Gasteiger charge is -2.24. The first-order valence-electron chi connectivity index (χ1n) is 7.58. The second-order valence-corrected chi connectivity index (χ2v) is 6.30. The fourth-order valence-electron chi connectivity index (χ4n) is 2.04. The molecule has 1 heterocycles. The van der Waals surface area contributed by atoms with Crippen LogP contribution in [0.3, 0.4) is 0 Å². The van der Waals surface area contributed by atoms with Crippen LogP contribution in [-0.2, 0) is 16.1 Å². The van der Waals surface area contributed by atoms with Gasteiger partial charge in [-0.05, 0) is 55.5 Å². The van der Waals surface area contributed by atoms with Gasteiger partial charge < -0.3 is 19.4 Å². The summed E-state index contributed by atoms with van der Waals surface area (Å²) in [5.74, 6) is 0.534. The molecule has 0 fully saturated rings. The maximum Gasteiger partial charge on any atom is 0.307 e. The van der Waals surface area contributed by atoms with Crippen LogP contribution in [0.1, 0.15) is 19.1 Å². The Bertz CT molecular complexity index is 659. The minimum Gasteiger partial charge on any atom is -0.467 e. The molecule has 0 amide bonds. The molecule has 2 aromatic rings. The SMILES string of the molecule is CCOC(=O)CCN(Cc1ccco1)C(=S)Nc1ccc(Br)cc1. The van der Waals surface area contributed by atoms with Crippen molar-refractivity contribution in [3.63, 3.8) is 0 Å². The molecule has 0 saturated heterocycles. The first-order valence-corrected chi connectivity index (χ1v) is 8.78. The molecule has 0 unspecified atom stereocenters.